The maximum absolute atomic E-state index is 11.7. The number of carbonyl (C=O) groups excluding carboxylic acids is 1. The summed E-state index contributed by atoms with van der Waals surface area (Å²) in [6.07, 6.45) is 0. The standard InChI is InChI=1S/C12H16N2O/c1-8(2)12(11(13)15)10-6-4-3-5-9(10)7-14-12/h3-6,8,14H,7H2,1-2H3,(H2,13,15). The molecule has 3 nitrogen and oxygen atoms in total. The Morgan fingerprint density at radius 3 is 2.73 bits per heavy atom. The number of amides is 1. The third-order valence-corrected chi connectivity index (χ3v) is 3.25. The minimum Gasteiger partial charge on any atom is -0.368 e. The van der Waals surface area contributed by atoms with Gasteiger partial charge in [-0.05, 0) is 17.0 Å². The Balaban J connectivity index is 2.59. The summed E-state index contributed by atoms with van der Waals surface area (Å²) in [5, 5.41) is 3.26. The number of hydrogen-bond acceptors (Lipinski definition) is 2. The molecule has 1 unspecified atom stereocenters. The maximum Gasteiger partial charge on any atom is 0.242 e. The highest BCUT2D eigenvalue weighted by Gasteiger charge is 2.45. The van der Waals surface area contributed by atoms with E-state index in [1.807, 2.05) is 38.1 Å². The molecule has 1 atom stereocenters. The lowest BCUT2D eigenvalue weighted by molar-refractivity contribution is -0.126. The SMILES string of the molecule is CC(C)C1(C(N)=O)NCc2ccccc21. The van der Waals surface area contributed by atoms with Gasteiger partial charge >= 0.3 is 0 Å². The van der Waals surface area contributed by atoms with E-state index in [1.54, 1.807) is 0 Å². The van der Waals surface area contributed by atoms with Gasteiger partial charge in [0.05, 0.1) is 0 Å². The van der Waals surface area contributed by atoms with Crippen molar-refractivity contribution >= 4 is 5.91 Å². The van der Waals surface area contributed by atoms with Gasteiger partial charge in [0.1, 0.15) is 5.54 Å². The summed E-state index contributed by atoms with van der Waals surface area (Å²) >= 11 is 0. The fraction of sp³-hybridized carbons (Fsp3) is 0.417. The molecule has 0 radical (unpaired) electrons. The second-order valence-corrected chi connectivity index (χ2v) is 4.34. The third kappa shape index (κ3) is 1.27. The van der Waals surface area contributed by atoms with Crippen molar-refractivity contribution in [3.05, 3.63) is 35.4 Å². The highest BCUT2D eigenvalue weighted by atomic mass is 16.1. The number of carbonyl (C=O) groups is 1. The van der Waals surface area contributed by atoms with Gasteiger partial charge in [0.2, 0.25) is 5.91 Å². The molecule has 0 saturated carbocycles. The number of fused-ring (bicyclic) bond motifs is 1. The Labute approximate surface area is 89.7 Å². The van der Waals surface area contributed by atoms with Crippen LogP contribution in [-0.2, 0) is 16.9 Å². The second kappa shape index (κ2) is 3.35. The Morgan fingerprint density at radius 2 is 2.13 bits per heavy atom. The molecule has 0 spiro atoms. The molecule has 0 bridgehead atoms. The minimum atomic E-state index is -0.684. The lowest BCUT2D eigenvalue weighted by Gasteiger charge is -2.31. The average Bonchev–Trinajstić information content (AvgIpc) is 2.57. The van der Waals surface area contributed by atoms with Gasteiger partial charge in [-0.25, -0.2) is 0 Å². The van der Waals surface area contributed by atoms with Gasteiger partial charge in [-0.15, -0.1) is 0 Å². The summed E-state index contributed by atoms with van der Waals surface area (Å²) in [5.74, 6) is -0.138. The number of nitrogens with one attached hydrogen (secondary N) is 1. The molecule has 1 amide bonds. The molecule has 0 fully saturated rings. The molecule has 1 aromatic rings. The van der Waals surface area contributed by atoms with Crippen LogP contribution >= 0.6 is 0 Å². The molecule has 3 heteroatoms. The normalized spacial score (nSPS) is 24.2. The quantitative estimate of drug-likeness (QED) is 0.758. The van der Waals surface area contributed by atoms with Gasteiger partial charge in [-0.1, -0.05) is 38.1 Å². The largest absolute Gasteiger partial charge is 0.368 e. The van der Waals surface area contributed by atoms with Crippen LogP contribution in [0.5, 0.6) is 0 Å². The zero-order chi connectivity index (χ0) is 11.1. The monoisotopic (exact) mass is 204 g/mol. The summed E-state index contributed by atoms with van der Waals surface area (Å²) < 4.78 is 0. The van der Waals surface area contributed by atoms with Gasteiger partial charge in [0.25, 0.3) is 0 Å². The number of nitrogens with two attached hydrogens (primary N) is 1. The predicted molar refractivity (Wildman–Crippen MR) is 59.0 cm³/mol. The minimum absolute atomic E-state index is 0.152. The van der Waals surface area contributed by atoms with E-state index in [-0.39, 0.29) is 11.8 Å². The fourth-order valence-electron chi connectivity index (χ4n) is 2.41. The topological polar surface area (TPSA) is 55.1 Å². The molecule has 2 rings (SSSR count). The van der Waals surface area contributed by atoms with Crippen molar-refractivity contribution in [2.75, 3.05) is 0 Å². The van der Waals surface area contributed by atoms with Gasteiger partial charge in [-0.3, -0.25) is 10.1 Å². The van der Waals surface area contributed by atoms with Crippen molar-refractivity contribution in [3.8, 4) is 0 Å². The smallest absolute Gasteiger partial charge is 0.242 e. The predicted octanol–water partition coefficient (Wildman–Crippen LogP) is 1.13. The summed E-state index contributed by atoms with van der Waals surface area (Å²) in [4.78, 5) is 11.7. The molecule has 15 heavy (non-hydrogen) atoms. The lowest BCUT2D eigenvalue weighted by Crippen LogP contribution is -2.52. The summed E-state index contributed by atoms with van der Waals surface area (Å²) in [7, 11) is 0. The highest BCUT2D eigenvalue weighted by molar-refractivity contribution is 5.87. The molecule has 0 saturated heterocycles. The first kappa shape index (κ1) is 10.2. The highest BCUT2D eigenvalue weighted by Crippen LogP contribution is 2.36. The van der Waals surface area contributed by atoms with E-state index in [2.05, 4.69) is 5.32 Å². The van der Waals surface area contributed by atoms with Crippen LogP contribution in [0, 0.1) is 5.92 Å². The maximum atomic E-state index is 11.7. The Morgan fingerprint density at radius 1 is 1.47 bits per heavy atom. The fourth-order valence-corrected chi connectivity index (χ4v) is 2.41. The summed E-state index contributed by atoms with van der Waals surface area (Å²) in [6.45, 7) is 4.75. The Hall–Kier alpha value is -1.35. The number of benzene rings is 1. The van der Waals surface area contributed by atoms with Crippen molar-refractivity contribution in [3.63, 3.8) is 0 Å². The van der Waals surface area contributed by atoms with Crippen molar-refractivity contribution in [2.24, 2.45) is 11.7 Å². The lowest BCUT2D eigenvalue weighted by atomic mass is 9.80. The van der Waals surface area contributed by atoms with Crippen LogP contribution in [0.4, 0.5) is 0 Å². The molecule has 3 N–H and O–H groups in total. The van der Waals surface area contributed by atoms with E-state index in [0.29, 0.717) is 0 Å². The van der Waals surface area contributed by atoms with Crippen LogP contribution in [0.2, 0.25) is 0 Å². The molecular formula is C12H16N2O. The molecular weight excluding hydrogens is 188 g/mol. The zero-order valence-corrected chi connectivity index (χ0v) is 9.08. The average molecular weight is 204 g/mol. The van der Waals surface area contributed by atoms with E-state index < -0.39 is 5.54 Å². The second-order valence-electron chi connectivity index (χ2n) is 4.34. The molecule has 1 aliphatic rings. The zero-order valence-electron chi connectivity index (χ0n) is 9.08. The molecule has 80 valence electrons. The Kier molecular flexibility index (Phi) is 2.27. The van der Waals surface area contributed by atoms with Crippen LogP contribution in [0.15, 0.2) is 24.3 Å². The van der Waals surface area contributed by atoms with Gasteiger partial charge in [-0.2, -0.15) is 0 Å². The number of rotatable bonds is 2. The molecule has 0 aliphatic carbocycles. The molecule has 1 aliphatic heterocycles. The number of primary amides is 1. The van der Waals surface area contributed by atoms with Crippen LogP contribution < -0.4 is 11.1 Å². The van der Waals surface area contributed by atoms with E-state index >= 15 is 0 Å². The third-order valence-electron chi connectivity index (χ3n) is 3.25. The van der Waals surface area contributed by atoms with Crippen LogP contribution in [0.3, 0.4) is 0 Å². The first-order chi connectivity index (χ1) is 7.09. The van der Waals surface area contributed by atoms with Crippen LogP contribution in [0.25, 0.3) is 0 Å². The van der Waals surface area contributed by atoms with Crippen molar-refractivity contribution < 1.29 is 4.79 Å². The van der Waals surface area contributed by atoms with Crippen LogP contribution in [-0.4, -0.2) is 5.91 Å². The molecule has 1 aromatic carbocycles. The van der Waals surface area contributed by atoms with E-state index in [0.717, 1.165) is 12.1 Å². The van der Waals surface area contributed by atoms with E-state index in [4.69, 9.17) is 5.73 Å². The first-order valence-corrected chi connectivity index (χ1v) is 5.22. The van der Waals surface area contributed by atoms with Crippen molar-refractivity contribution in [1.82, 2.24) is 5.32 Å². The van der Waals surface area contributed by atoms with Crippen LogP contribution in [0.1, 0.15) is 25.0 Å². The summed E-state index contributed by atoms with van der Waals surface area (Å²) in [6, 6.07) is 7.96. The van der Waals surface area contributed by atoms with Gasteiger partial charge in [0, 0.05) is 6.54 Å². The van der Waals surface area contributed by atoms with Gasteiger partial charge < -0.3 is 5.73 Å². The first-order valence-electron chi connectivity index (χ1n) is 5.22. The van der Waals surface area contributed by atoms with E-state index in [9.17, 15) is 4.79 Å². The van der Waals surface area contributed by atoms with Gasteiger partial charge in [0.15, 0.2) is 0 Å². The molecule has 1 heterocycles. The summed E-state index contributed by atoms with van der Waals surface area (Å²) in [5.41, 5.74) is 7.07. The van der Waals surface area contributed by atoms with Crippen molar-refractivity contribution in [2.45, 2.75) is 25.9 Å². The van der Waals surface area contributed by atoms with Crippen molar-refractivity contribution in [1.29, 1.82) is 0 Å². The van der Waals surface area contributed by atoms with E-state index in [1.165, 1.54) is 5.56 Å². The Bertz CT molecular complexity index is 400. The number of hydrogen-bond donors (Lipinski definition) is 2. The molecule has 0 aromatic heterocycles.